The molecule has 1 aromatic rings. The van der Waals surface area contributed by atoms with Gasteiger partial charge in [-0.05, 0) is 43.6 Å². The number of likely N-dealkylation sites (tertiary alicyclic amines) is 1. The Hall–Kier alpha value is -1.10. The molecule has 0 amide bonds. The number of hydrogen-bond acceptors (Lipinski definition) is 5. The van der Waals surface area contributed by atoms with Gasteiger partial charge in [-0.1, -0.05) is 18.6 Å². The third-order valence-corrected chi connectivity index (χ3v) is 5.53. The second-order valence-electron chi connectivity index (χ2n) is 7.70. The minimum absolute atomic E-state index is 0. The van der Waals surface area contributed by atoms with Gasteiger partial charge >= 0.3 is 0 Å². The Labute approximate surface area is 198 Å². The van der Waals surface area contributed by atoms with Crippen LogP contribution in [0.3, 0.4) is 0 Å². The highest BCUT2D eigenvalue weighted by atomic mass is 127. The molecule has 8 heteroatoms. The Morgan fingerprint density at radius 3 is 2.57 bits per heavy atom. The number of morpholine rings is 1. The Bertz CT molecular complexity index is 619. The maximum atomic E-state index is 5.95. The van der Waals surface area contributed by atoms with Gasteiger partial charge in [0.15, 0.2) is 5.96 Å². The molecule has 0 bridgehead atoms. The van der Waals surface area contributed by atoms with E-state index < -0.39 is 0 Å². The summed E-state index contributed by atoms with van der Waals surface area (Å²) in [5, 5.41) is 6.82. The Morgan fingerprint density at radius 1 is 1.03 bits per heavy atom. The Kier molecular flexibility index (Phi) is 12.4. The third kappa shape index (κ3) is 9.36. The van der Waals surface area contributed by atoms with E-state index in [2.05, 4.69) is 37.6 Å². The molecule has 0 unspecified atom stereocenters. The third-order valence-electron chi connectivity index (χ3n) is 5.53. The minimum atomic E-state index is 0. The lowest BCUT2D eigenvalue weighted by atomic mass is 10.1. The fourth-order valence-electron chi connectivity index (χ4n) is 3.78. The normalized spacial score (nSPS) is 18.5. The number of hydrogen-bond donors (Lipinski definition) is 2. The van der Waals surface area contributed by atoms with E-state index in [-0.39, 0.29) is 24.0 Å². The van der Waals surface area contributed by atoms with E-state index >= 15 is 0 Å². The number of guanidine groups is 1. The summed E-state index contributed by atoms with van der Waals surface area (Å²) >= 11 is 0. The summed E-state index contributed by atoms with van der Waals surface area (Å²) in [6, 6.07) is 8.29. The van der Waals surface area contributed by atoms with E-state index in [4.69, 9.17) is 9.47 Å². The van der Waals surface area contributed by atoms with Crippen molar-refractivity contribution in [2.45, 2.75) is 25.8 Å². The second-order valence-corrected chi connectivity index (χ2v) is 7.70. The summed E-state index contributed by atoms with van der Waals surface area (Å²) in [5.74, 6) is 1.77. The molecule has 2 heterocycles. The van der Waals surface area contributed by atoms with Gasteiger partial charge in [0.1, 0.15) is 12.4 Å². The van der Waals surface area contributed by atoms with Gasteiger partial charge < -0.3 is 25.0 Å². The first-order chi connectivity index (χ1) is 14.3. The molecule has 1 aromatic carbocycles. The highest BCUT2D eigenvalue weighted by Crippen LogP contribution is 2.13. The maximum Gasteiger partial charge on any atom is 0.191 e. The molecule has 0 aromatic heterocycles. The molecule has 30 heavy (non-hydrogen) atoms. The van der Waals surface area contributed by atoms with Crippen molar-refractivity contribution in [2.24, 2.45) is 4.99 Å². The average molecular weight is 531 g/mol. The van der Waals surface area contributed by atoms with Crippen LogP contribution in [-0.4, -0.2) is 88.4 Å². The topological polar surface area (TPSA) is 61.4 Å². The summed E-state index contributed by atoms with van der Waals surface area (Å²) < 4.78 is 11.3. The molecule has 2 N–H and O–H groups in total. The lowest BCUT2D eigenvalue weighted by molar-refractivity contribution is 0.0322. The number of nitrogens with zero attached hydrogens (tertiary/aromatic N) is 3. The number of ether oxygens (including phenoxy) is 2. The standard InChI is InChI=1S/C22H37N5O2.HI/c1-23-22(24-8-11-26-9-3-2-4-10-26)25-19-20-6-5-7-21(18-20)29-17-14-27-12-15-28-16-13-27;/h5-7,18H,2-4,8-17,19H2,1H3,(H2,23,24,25);1H. The van der Waals surface area contributed by atoms with E-state index in [1.54, 1.807) is 0 Å². The van der Waals surface area contributed by atoms with Crippen molar-refractivity contribution >= 4 is 29.9 Å². The van der Waals surface area contributed by atoms with Crippen molar-refractivity contribution in [3.63, 3.8) is 0 Å². The molecule has 0 aliphatic carbocycles. The summed E-state index contributed by atoms with van der Waals surface area (Å²) in [7, 11) is 1.82. The van der Waals surface area contributed by atoms with Crippen LogP contribution in [0.5, 0.6) is 5.75 Å². The highest BCUT2D eigenvalue weighted by molar-refractivity contribution is 14.0. The van der Waals surface area contributed by atoms with Gasteiger partial charge in [-0.15, -0.1) is 24.0 Å². The molecule has 2 aliphatic heterocycles. The monoisotopic (exact) mass is 531 g/mol. The van der Waals surface area contributed by atoms with Crippen molar-refractivity contribution < 1.29 is 9.47 Å². The van der Waals surface area contributed by atoms with Crippen LogP contribution >= 0.6 is 24.0 Å². The van der Waals surface area contributed by atoms with Crippen molar-refractivity contribution in [3.8, 4) is 5.75 Å². The molecule has 7 nitrogen and oxygen atoms in total. The van der Waals surface area contributed by atoms with Gasteiger partial charge in [0.05, 0.1) is 13.2 Å². The number of piperidine rings is 1. The van der Waals surface area contributed by atoms with Crippen LogP contribution in [0.1, 0.15) is 24.8 Å². The van der Waals surface area contributed by atoms with Crippen LogP contribution in [0, 0.1) is 0 Å². The quantitative estimate of drug-likeness (QED) is 0.290. The van der Waals surface area contributed by atoms with Crippen molar-refractivity contribution in [1.29, 1.82) is 0 Å². The molecule has 0 saturated carbocycles. The molecular formula is C22H38IN5O2. The second kappa shape index (κ2) is 14.8. The number of rotatable bonds is 9. The number of nitrogens with one attached hydrogen (secondary N) is 2. The zero-order valence-corrected chi connectivity index (χ0v) is 20.6. The van der Waals surface area contributed by atoms with Gasteiger partial charge in [0, 0.05) is 46.3 Å². The molecule has 0 radical (unpaired) electrons. The Balaban J connectivity index is 0.00000320. The molecule has 2 saturated heterocycles. The fourth-order valence-corrected chi connectivity index (χ4v) is 3.78. The van der Waals surface area contributed by atoms with Gasteiger partial charge in [-0.2, -0.15) is 0 Å². The summed E-state index contributed by atoms with van der Waals surface area (Å²) in [5.41, 5.74) is 1.19. The lowest BCUT2D eigenvalue weighted by Crippen LogP contribution is -2.42. The van der Waals surface area contributed by atoms with Gasteiger partial charge in [-0.25, -0.2) is 0 Å². The smallest absolute Gasteiger partial charge is 0.191 e. The van der Waals surface area contributed by atoms with Crippen LogP contribution in [0.4, 0.5) is 0 Å². The fraction of sp³-hybridized carbons (Fsp3) is 0.682. The molecule has 2 fully saturated rings. The first-order valence-corrected chi connectivity index (χ1v) is 11.0. The van der Waals surface area contributed by atoms with E-state index in [0.29, 0.717) is 6.61 Å². The van der Waals surface area contributed by atoms with Gasteiger partial charge in [0.2, 0.25) is 0 Å². The molecule has 170 valence electrons. The van der Waals surface area contributed by atoms with E-state index in [0.717, 1.165) is 64.2 Å². The number of halogens is 1. The summed E-state index contributed by atoms with van der Waals surface area (Å²) in [4.78, 5) is 9.25. The SMILES string of the molecule is CN=C(NCCN1CCCCC1)NCc1cccc(OCCN2CCOCC2)c1.I. The summed E-state index contributed by atoms with van der Waals surface area (Å²) in [6.07, 6.45) is 4.04. The summed E-state index contributed by atoms with van der Waals surface area (Å²) in [6.45, 7) is 10.5. The largest absolute Gasteiger partial charge is 0.492 e. The first-order valence-electron chi connectivity index (χ1n) is 11.0. The van der Waals surface area contributed by atoms with Crippen LogP contribution in [-0.2, 0) is 11.3 Å². The number of benzene rings is 1. The molecule has 0 spiro atoms. The molecule has 3 rings (SSSR count). The molecule has 0 atom stereocenters. The molecule has 2 aliphatic rings. The van der Waals surface area contributed by atoms with Gasteiger partial charge in [-0.3, -0.25) is 9.89 Å². The maximum absolute atomic E-state index is 5.95. The zero-order chi connectivity index (χ0) is 20.2. The van der Waals surface area contributed by atoms with Crippen LogP contribution in [0.15, 0.2) is 29.3 Å². The van der Waals surface area contributed by atoms with Crippen LogP contribution < -0.4 is 15.4 Å². The predicted molar refractivity (Wildman–Crippen MR) is 133 cm³/mol. The average Bonchev–Trinajstić information content (AvgIpc) is 2.78. The van der Waals surface area contributed by atoms with Crippen molar-refractivity contribution in [1.82, 2.24) is 20.4 Å². The zero-order valence-electron chi connectivity index (χ0n) is 18.3. The number of aliphatic imine (C=N–C) groups is 1. The predicted octanol–water partition coefficient (Wildman–Crippen LogP) is 2.17. The van der Waals surface area contributed by atoms with Crippen LogP contribution in [0.2, 0.25) is 0 Å². The van der Waals surface area contributed by atoms with Crippen molar-refractivity contribution in [3.05, 3.63) is 29.8 Å². The minimum Gasteiger partial charge on any atom is -0.492 e. The van der Waals surface area contributed by atoms with E-state index in [1.807, 2.05) is 19.2 Å². The van der Waals surface area contributed by atoms with E-state index in [1.165, 1.54) is 37.9 Å². The van der Waals surface area contributed by atoms with Crippen LogP contribution in [0.25, 0.3) is 0 Å². The Morgan fingerprint density at radius 2 is 1.80 bits per heavy atom. The molecular weight excluding hydrogens is 493 g/mol. The first kappa shape index (κ1) is 25.2. The highest BCUT2D eigenvalue weighted by Gasteiger charge is 2.10. The van der Waals surface area contributed by atoms with Crippen molar-refractivity contribution in [2.75, 3.05) is 72.7 Å². The van der Waals surface area contributed by atoms with Gasteiger partial charge in [0.25, 0.3) is 0 Å². The van der Waals surface area contributed by atoms with E-state index in [9.17, 15) is 0 Å². The lowest BCUT2D eigenvalue weighted by Gasteiger charge is -2.26.